The van der Waals surface area contributed by atoms with Crippen LogP contribution in [0, 0.1) is 29.1 Å². The molecule has 2 aromatic carbocycles. The Balaban J connectivity index is 1.22. The molecule has 2 aromatic rings. The fourth-order valence-electron chi connectivity index (χ4n) is 10.8. The number of fused-ring (bicyclic) bond motifs is 2. The van der Waals surface area contributed by atoms with Gasteiger partial charge in [0.25, 0.3) is 0 Å². The summed E-state index contributed by atoms with van der Waals surface area (Å²) in [5, 5.41) is 16.0. The van der Waals surface area contributed by atoms with Gasteiger partial charge in [0.1, 0.15) is 11.2 Å². The van der Waals surface area contributed by atoms with E-state index in [1.54, 1.807) is 7.11 Å². The summed E-state index contributed by atoms with van der Waals surface area (Å²) in [6, 6.07) is 14.6. The highest BCUT2D eigenvalue weighted by Crippen LogP contribution is 2.82. The van der Waals surface area contributed by atoms with E-state index in [4.69, 9.17) is 9.47 Å². The quantitative estimate of drug-likeness (QED) is 0.509. The van der Waals surface area contributed by atoms with Crippen LogP contribution >= 0.6 is 0 Å². The number of amides is 1. The number of hydrogen-bond donors (Lipinski definition) is 2. The van der Waals surface area contributed by atoms with Crippen molar-refractivity contribution < 1.29 is 19.4 Å². The molecule has 0 saturated heterocycles. The molecular formula is C34H41NO4. The fraction of sp³-hybridized carbons (Fsp3) is 0.618. The van der Waals surface area contributed by atoms with Crippen molar-refractivity contribution in [1.82, 2.24) is 5.32 Å². The van der Waals surface area contributed by atoms with Crippen molar-refractivity contribution >= 4 is 5.91 Å². The maximum absolute atomic E-state index is 14.0. The van der Waals surface area contributed by atoms with E-state index in [2.05, 4.69) is 36.5 Å². The largest absolute Gasteiger partial charge is 0.493 e. The number of nitrogens with one attached hydrogen (secondary N) is 1. The molecule has 1 heterocycles. The molecule has 0 aromatic heterocycles. The van der Waals surface area contributed by atoms with Gasteiger partial charge in [-0.15, -0.1) is 0 Å². The average Bonchev–Trinajstić information content (AvgIpc) is 3.71. The number of benzene rings is 2. The lowest BCUT2D eigenvalue weighted by molar-refractivity contribution is -0.306. The van der Waals surface area contributed by atoms with Gasteiger partial charge in [-0.25, -0.2) is 0 Å². The Kier molecular flexibility index (Phi) is 5.00. The van der Waals surface area contributed by atoms with Gasteiger partial charge in [-0.2, -0.15) is 0 Å². The minimum Gasteiger partial charge on any atom is -0.493 e. The lowest BCUT2D eigenvalue weighted by Crippen LogP contribution is -2.83. The van der Waals surface area contributed by atoms with Crippen molar-refractivity contribution in [3.05, 3.63) is 59.2 Å². The second kappa shape index (κ2) is 8.02. The van der Waals surface area contributed by atoms with Crippen molar-refractivity contribution in [2.75, 3.05) is 13.7 Å². The van der Waals surface area contributed by atoms with Crippen LogP contribution in [0.25, 0.3) is 0 Å². The van der Waals surface area contributed by atoms with Crippen LogP contribution in [0.15, 0.2) is 42.5 Å². The van der Waals surface area contributed by atoms with Gasteiger partial charge < -0.3 is 19.9 Å². The molecule has 2 spiro atoms. The zero-order valence-corrected chi connectivity index (χ0v) is 23.3. The third-order valence-corrected chi connectivity index (χ3v) is 12.6. The molecule has 5 fully saturated rings. The third kappa shape index (κ3) is 2.88. The maximum Gasteiger partial charge on any atom is 0.226 e. The first-order valence-corrected chi connectivity index (χ1v) is 15.3. The molecule has 6 aliphatic carbocycles. The van der Waals surface area contributed by atoms with E-state index in [-0.39, 0.29) is 16.7 Å². The first kappa shape index (κ1) is 24.3. The Bertz CT molecular complexity index is 1340. The summed E-state index contributed by atoms with van der Waals surface area (Å²) in [5.74, 6) is 3.25. The van der Waals surface area contributed by atoms with Gasteiger partial charge in [-0.3, -0.25) is 4.79 Å². The highest BCUT2D eigenvalue weighted by atomic mass is 16.5. The third-order valence-electron chi connectivity index (χ3n) is 12.6. The number of methoxy groups -OCH3 is 1. The van der Waals surface area contributed by atoms with Crippen molar-refractivity contribution in [1.29, 1.82) is 0 Å². The Morgan fingerprint density at radius 1 is 1.10 bits per heavy atom. The predicted molar refractivity (Wildman–Crippen MR) is 149 cm³/mol. The molecule has 0 radical (unpaired) electrons. The van der Waals surface area contributed by atoms with E-state index in [1.807, 2.05) is 18.2 Å². The lowest BCUT2D eigenvalue weighted by Gasteiger charge is -2.76. The van der Waals surface area contributed by atoms with E-state index in [0.717, 1.165) is 49.5 Å². The molecule has 7 aliphatic rings. The molecule has 1 amide bonds. The van der Waals surface area contributed by atoms with E-state index >= 15 is 0 Å². The van der Waals surface area contributed by atoms with Crippen LogP contribution in [0.5, 0.6) is 11.5 Å². The Morgan fingerprint density at radius 2 is 1.92 bits per heavy atom. The standard InChI is InChI=1S/C34H41NO4/c1-31-33-14-12-23(18-22-8-9-22)25(19-24-10-11-27(38-2)29(39-31)28(24)33)32(33)15-16-34(31,37)26(20-32)30(36)35-17-13-21-6-4-3-5-7-21/h3-7,10-11,22-23,25-26,37H,8-9,12-20H2,1-2H3,(H,35,36)/t23?,25-,26+,31-,32+,33-,34+/m0/s1. The summed E-state index contributed by atoms with van der Waals surface area (Å²) in [6.07, 6.45) is 10.6. The zero-order chi connectivity index (χ0) is 26.6. The Morgan fingerprint density at radius 3 is 2.69 bits per heavy atom. The van der Waals surface area contributed by atoms with Crippen LogP contribution in [0.2, 0.25) is 0 Å². The highest BCUT2D eigenvalue weighted by Gasteiger charge is 2.85. The van der Waals surface area contributed by atoms with Gasteiger partial charge >= 0.3 is 0 Å². The number of hydrogen-bond acceptors (Lipinski definition) is 4. The van der Waals surface area contributed by atoms with Crippen LogP contribution in [0.1, 0.15) is 75.0 Å². The second-order valence-electron chi connectivity index (χ2n) is 13.8. The topological polar surface area (TPSA) is 67.8 Å². The molecule has 39 heavy (non-hydrogen) atoms. The van der Waals surface area contributed by atoms with E-state index in [0.29, 0.717) is 24.8 Å². The van der Waals surface area contributed by atoms with E-state index < -0.39 is 17.1 Å². The highest BCUT2D eigenvalue weighted by molar-refractivity contribution is 5.82. The Labute approximate surface area is 231 Å². The van der Waals surface area contributed by atoms with Gasteiger partial charge in [0.15, 0.2) is 11.5 Å². The van der Waals surface area contributed by atoms with Crippen molar-refractivity contribution in [3.8, 4) is 11.5 Å². The smallest absolute Gasteiger partial charge is 0.226 e. The lowest BCUT2D eigenvalue weighted by atomic mass is 9.28. The van der Waals surface area contributed by atoms with Crippen molar-refractivity contribution in [2.45, 2.75) is 87.7 Å². The summed E-state index contributed by atoms with van der Waals surface area (Å²) in [5.41, 5.74) is 1.54. The molecule has 5 saturated carbocycles. The second-order valence-corrected chi connectivity index (χ2v) is 13.8. The van der Waals surface area contributed by atoms with E-state index in [9.17, 15) is 9.90 Å². The van der Waals surface area contributed by atoms with Crippen molar-refractivity contribution in [2.24, 2.45) is 29.1 Å². The van der Waals surface area contributed by atoms with Crippen LogP contribution in [0.4, 0.5) is 0 Å². The monoisotopic (exact) mass is 527 g/mol. The number of carbonyl (C=O) groups is 1. The Hall–Kier alpha value is -2.53. The summed E-state index contributed by atoms with van der Waals surface area (Å²) in [6.45, 7) is 2.73. The molecule has 4 bridgehead atoms. The molecule has 7 atom stereocenters. The minimum absolute atomic E-state index is 0.00212. The molecular weight excluding hydrogens is 486 g/mol. The maximum atomic E-state index is 14.0. The van der Waals surface area contributed by atoms with Gasteiger partial charge in [-0.05, 0) is 98.7 Å². The molecule has 1 unspecified atom stereocenters. The summed E-state index contributed by atoms with van der Waals surface area (Å²) < 4.78 is 12.9. The van der Waals surface area contributed by atoms with Crippen LogP contribution < -0.4 is 14.8 Å². The van der Waals surface area contributed by atoms with Gasteiger partial charge in [-0.1, -0.05) is 49.2 Å². The number of rotatable bonds is 7. The molecule has 1 aliphatic heterocycles. The van der Waals surface area contributed by atoms with Crippen LogP contribution in [0.3, 0.4) is 0 Å². The molecule has 9 rings (SSSR count). The van der Waals surface area contributed by atoms with E-state index in [1.165, 1.54) is 42.4 Å². The molecule has 206 valence electrons. The SMILES string of the molecule is COc1ccc2c3c1O[C@@]1(C)[C@]34CCC(CC3CC3)[C@H](C2)[C@]42CC[C@@]1(O)[C@@H](C(=O)NCCc1ccccc1)C2. The summed E-state index contributed by atoms with van der Waals surface area (Å²) in [4.78, 5) is 14.0. The molecule has 2 N–H and O–H groups in total. The van der Waals surface area contributed by atoms with Crippen LogP contribution in [-0.2, 0) is 23.1 Å². The number of carbonyl (C=O) groups excluding carboxylic acids is 1. The molecule has 5 heteroatoms. The first-order valence-electron chi connectivity index (χ1n) is 15.3. The number of ether oxygens (including phenoxy) is 2. The van der Waals surface area contributed by atoms with Crippen LogP contribution in [-0.4, -0.2) is 35.9 Å². The normalized spacial score (nSPS) is 40.5. The molecule has 5 nitrogen and oxygen atoms in total. The fourth-order valence-corrected chi connectivity index (χ4v) is 10.8. The summed E-state index contributed by atoms with van der Waals surface area (Å²) in [7, 11) is 1.71. The number of aliphatic hydroxyl groups is 1. The predicted octanol–water partition coefficient (Wildman–Crippen LogP) is 5.36. The first-order chi connectivity index (χ1) is 18.9. The van der Waals surface area contributed by atoms with Gasteiger partial charge in [0.05, 0.1) is 13.0 Å². The van der Waals surface area contributed by atoms with Gasteiger partial charge in [0.2, 0.25) is 5.91 Å². The summed E-state index contributed by atoms with van der Waals surface area (Å²) >= 11 is 0. The average molecular weight is 528 g/mol. The minimum atomic E-state index is -1.22. The van der Waals surface area contributed by atoms with Gasteiger partial charge in [0, 0.05) is 17.5 Å². The van der Waals surface area contributed by atoms with Crippen molar-refractivity contribution in [3.63, 3.8) is 0 Å². The zero-order valence-electron chi connectivity index (χ0n) is 23.3.